The van der Waals surface area contributed by atoms with E-state index in [2.05, 4.69) is 4.98 Å². The number of benzene rings is 2. The first-order valence-corrected chi connectivity index (χ1v) is 12.0. The van der Waals surface area contributed by atoms with Gasteiger partial charge in [-0.05, 0) is 69.5 Å². The number of nitrogens with zero attached hydrogens (tertiary/aromatic N) is 3. The Hall–Kier alpha value is -1.78. The molecule has 0 spiro atoms. The molecule has 2 aromatic carbocycles. The van der Waals surface area contributed by atoms with E-state index in [0.717, 1.165) is 11.3 Å². The fraction of sp³-hybridized carbons (Fsp3) is 0.300. The van der Waals surface area contributed by atoms with Gasteiger partial charge in [0.1, 0.15) is 11.6 Å². The highest BCUT2D eigenvalue weighted by Crippen LogP contribution is 2.30. The second-order valence-electron chi connectivity index (χ2n) is 7.02. The second-order valence-corrected chi connectivity index (χ2v) is 10.5. The molecule has 31 heavy (non-hydrogen) atoms. The molecule has 3 rings (SSSR count). The van der Waals surface area contributed by atoms with Crippen LogP contribution in [0.15, 0.2) is 47.4 Å². The minimum atomic E-state index is -3.85. The first-order chi connectivity index (χ1) is 14.2. The SMILES string of the molecule is CN(C)CCCN(C(=O)CS(=O)(=O)c1ccc(Cl)cc1)c1nc2ccc(F)cc2s1.Cl. The highest BCUT2D eigenvalue weighted by Gasteiger charge is 2.26. The fourth-order valence-corrected chi connectivity index (χ4v) is 5.20. The zero-order valence-electron chi connectivity index (χ0n) is 16.9. The van der Waals surface area contributed by atoms with E-state index < -0.39 is 27.3 Å². The Morgan fingerprint density at radius 3 is 2.45 bits per heavy atom. The van der Waals surface area contributed by atoms with Crippen LogP contribution in [0.1, 0.15) is 6.42 Å². The molecule has 0 radical (unpaired) electrons. The number of thiazole rings is 1. The van der Waals surface area contributed by atoms with Crippen LogP contribution in [0.4, 0.5) is 9.52 Å². The summed E-state index contributed by atoms with van der Waals surface area (Å²) in [6.07, 6.45) is 0.629. The number of sulfone groups is 1. The lowest BCUT2D eigenvalue weighted by atomic mass is 10.3. The van der Waals surface area contributed by atoms with Crippen LogP contribution in [-0.2, 0) is 14.6 Å². The number of carbonyl (C=O) groups is 1. The Balaban J connectivity index is 0.00000341. The standard InChI is InChI=1S/C20H21ClFN3O3S2.ClH/c1-24(2)10-3-11-25(20-23-17-9-6-15(22)12-18(17)29-20)19(26)13-30(27,28)16-7-4-14(21)5-8-16;/h4-9,12H,3,10-11,13H2,1-2H3;1H. The van der Waals surface area contributed by atoms with Crippen molar-refractivity contribution in [3.05, 3.63) is 53.3 Å². The van der Waals surface area contributed by atoms with Crippen LogP contribution in [0.2, 0.25) is 5.02 Å². The van der Waals surface area contributed by atoms with Crippen LogP contribution >= 0.6 is 35.3 Å². The summed E-state index contributed by atoms with van der Waals surface area (Å²) in [7, 11) is -0.0222. The smallest absolute Gasteiger partial charge is 0.244 e. The van der Waals surface area contributed by atoms with E-state index in [4.69, 9.17) is 11.6 Å². The van der Waals surface area contributed by atoms with Crippen LogP contribution in [-0.4, -0.2) is 57.1 Å². The summed E-state index contributed by atoms with van der Waals surface area (Å²) < 4.78 is 39.6. The van der Waals surface area contributed by atoms with Crippen molar-refractivity contribution in [2.24, 2.45) is 0 Å². The maximum atomic E-state index is 13.5. The van der Waals surface area contributed by atoms with Gasteiger partial charge in [0.2, 0.25) is 5.91 Å². The average molecular weight is 506 g/mol. The summed E-state index contributed by atoms with van der Waals surface area (Å²) in [6, 6.07) is 9.88. The van der Waals surface area contributed by atoms with Crippen LogP contribution in [0.25, 0.3) is 10.2 Å². The first kappa shape index (κ1) is 25.5. The van der Waals surface area contributed by atoms with Crippen molar-refractivity contribution in [2.75, 3.05) is 37.8 Å². The predicted octanol–water partition coefficient (Wildman–Crippen LogP) is 4.27. The second kappa shape index (κ2) is 10.7. The summed E-state index contributed by atoms with van der Waals surface area (Å²) in [6.45, 7) is 1.02. The van der Waals surface area contributed by atoms with Gasteiger partial charge in [-0.3, -0.25) is 9.69 Å². The van der Waals surface area contributed by atoms with Gasteiger partial charge in [-0.2, -0.15) is 0 Å². The Labute approximate surface area is 196 Å². The summed E-state index contributed by atoms with van der Waals surface area (Å²) in [5.74, 6) is -1.67. The minimum Gasteiger partial charge on any atom is -0.309 e. The van der Waals surface area contributed by atoms with Crippen LogP contribution in [0, 0.1) is 5.82 Å². The molecular formula is C20H22Cl2FN3O3S2. The number of hydrogen-bond acceptors (Lipinski definition) is 6. The van der Waals surface area contributed by atoms with Gasteiger partial charge in [-0.15, -0.1) is 12.4 Å². The number of amides is 1. The van der Waals surface area contributed by atoms with E-state index in [1.165, 1.54) is 47.4 Å². The van der Waals surface area contributed by atoms with Crippen molar-refractivity contribution < 1.29 is 17.6 Å². The van der Waals surface area contributed by atoms with Crippen molar-refractivity contribution in [2.45, 2.75) is 11.3 Å². The summed E-state index contributed by atoms with van der Waals surface area (Å²) in [5.41, 5.74) is 0.558. The lowest BCUT2D eigenvalue weighted by molar-refractivity contribution is -0.116. The number of fused-ring (bicyclic) bond motifs is 1. The Morgan fingerprint density at radius 1 is 1.13 bits per heavy atom. The molecule has 0 saturated carbocycles. The lowest BCUT2D eigenvalue weighted by Gasteiger charge is -2.21. The van der Waals surface area contributed by atoms with Gasteiger partial charge in [-0.1, -0.05) is 22.9 Å². The first-order valence-electron chi connectivity index (χ1n) is 9.15. The van der Waals surface area contributed by atoms with E-state index in [1.54, 1.807) is 0 Å². The average Bonchev–Trinajstić information content (AvgIpc) is 3.07. The Bertz CT molecular complexity index is 1150. The maximum Gasteiger partial charge on any atom is 0.244 e. The molecule has 0 N–H and O–H groups in total. The molecule has 1 amide bonds. The number of rotatable bonds is 8. The fourth-order valence-electron chi connectivity index (χ4n) is 2.84. The van der Waals surface area contributed by atoms with Crippen LogP contribution < -0.4 is 4.90 Å². The van der Waals surface area contributed by atoms with Gasteiger partial charge in [-0.25, -0.2) is 17.8 Å². The van der Waals surface area contributed by atoms with Gasteiger partial charge in [0, 0.05) is 11.6 Å². The topological polar surface area (TPSA) is 70.6 Å². The van der Waals surface area contributed by atoms with Crippen molar-refractivity contribution in [1.29, 1.82) is 0 Å². The normalized spacial score (nSPS) is 11.5. The minimum absolute atomic E-state index is 0. The highest BCUT2D eigenvalue weighted by molar-refractivity contribution is 7.92. The molecule has 3 aromatic rings. The molecule has 168 valence electrons. The van der Waals surface area contributed by atoms with E-state index >= 15 is 0 Å². The molecule has 0 unspecified atom stereocenters. The molecule has 0 aliphatic heterocycles. The third kappa shape index (κ3) is 6.60. The van der Waals surface area contributed by atoms with Gasteiger partial charge in [0.05, 0.1) is 15.1 Å². The molecule has 11 heteroatoms. The third-order valence-corrected chi connectivity index (χ3v) is 7.25. The van der Waals surface area contributed by atoms with Crippen LogP contribution in [0.5, 0.6) is 0 Å². The molecule has 1 heterocycles. The number of carbonyl (C=O) groups excluding carboxylic acids is 1. The molecule has 0 saturated heterocycles. The molecule has 6 nitrogen and oxygen atoms in total. The molecule has 0 bridgehead atoms. The summed E-state index contributed by atoms with van der Waals surface area (Å²) in [4.78, 5) is 20.8. The van der Waals surface area contributed by atoms with E-state index in [1.807, 2.05) is 19.0 Å². The molecular weight excluding hydrogens is 484 g/mol. The van der Waals surface area contributed by atoms with Crippen molar-refractivity contribution in [3.63, 3.8) is 0 Å². The third-order valence-electron chi connectivity index (χ3n) is 4.34. The van der Waals surface area contributed by atoms with Crippen molar-refractivity contribution in [1.82, 2.24) is 9.88 Å². The van der Waals surface area contributed by atoms with Gasteiger partial charge in [0.25, 0.3) is 0 Å². The van der Waals surface area contributed by atoms with Crippen molar-refractivity contribution >= 4 is 66.4 Å². The van der Waals surface area contributed by atoms with Gasteiger partial charge >= 0.3 is 0 Å². The highest BCUT2D eigenvalue weighted by atomic mass is 35.5. The largest absolute Gasteiger partial charge is 0.309 e. The zero-order chi connectivity index (χ0) is 21.9. The summed E-state index contributed by atoms with van der Waals surface area (Å²) >= 11 is 6.98. The van der Waals surface area contributed by atoms with E-state index in [0.29, 0.717) is 39.9 Å². The molecule has 0 fully saturated rings. The molecule has 1 aromatic heterocycles. The van der Waals surface area contributed by atoms with Gasteiger partial charge < -0.3 is 4.90 Å². The zero-order valence-corrected chi connectivity index (χ0v) is 20.1. The maximum absolute atomic E-state index is 13.5. The monoisotopic (exact) mass is 505 g/mol. The quantitative estimate of drug-likeness (QED) is 0.457. The lowest BCUT2D eigenvalue weighted by Crippen LogP contribution is -2.37. The molecule has 0 aliphatic carbocycles. The number of hydrogen-bond donors (Lipinski definition) is 0. The molecule has 0 aliphatic rings. The summed E-state index contributed by atoms with van der Waals surface area (Å²) in [5, 5.41) is 0.762. The van der Waals surface area contributed by atoms with E-state index in [-0.39, 0.29) is 17.3 Å². The van der Waals surface area contributed by atoms with E-state index in [9.17, 15) is 17.6 Å². The molecule has 0 atom stereocenters. The number of anilines is 1. The Kier molecular flexibility index (Phi) is 8.79. The predicted molar refractivity (Wildman–Crippen MR) is 126 cm³/mol. The number of aromatic nitrogens is 1. The van der Waals surface area contributed by atoms with Gasteiger partial charge in [0.15, 0.2) is 15.0 Å². The Morgan fingerprint density at radius 2 is 1.81 bits per heavy atom. The van der Waals surface area contributed by atoms with Crippen molar-refractivity contribution in [3.8, 4) is 0 Å². The van der Waals surface area contributed by atoms with Crippen LogP contribution in [0.3, 0.4) is 0 Å². The number of halogens is 3.